The van der Waals surface area contributed by atoms with Crippen molar-refractivity contribution in [2.45, 2.75) is 6.92 Å². The molecule has 0 aliphatic carbocycles. The number of benzene rings is 2. The Labute approximate surface area is 97.3 Å². The molecule has 0 aliphatic rings. The second-order valence-electron chi connectivity index (χ2n) is 3.79. The SMILES string of the molecule is CC(=C[CH]c1ccccc1)c1ccccc1. The van der Waals surface area contributed by atoms with E-state index in [2.05, 4.69) is 68.0 Å². The summed E-state index contributed by atoms with van der Waals surface area (Å²) in [4.78, 5) is 0. The molecule has 0 atom stereocenters. The van der Waals surface area contributed by atoms with Crippen LogP contribution in [0.2, 0.25) is 0 Å². The van der Waals surface area contributed by atoms with Crippen molar-refractivity contribution in [1.29, 1.82) is 0 Å². The maximum absolute atomic E-state index is 2.16. The third-order valence-electron chi connectivity index (χ3n) is 2.55. The third-order valence-corrected chi connectivity index (χ3v) is 2.55. The quantitative estimate of drug-likeness (QED) is 0.702. The highest BCUT2D eigenvalue weighted by Gasteiger charge is 1.94. The van der Waals surface area contributed by atoms with Crippen LogP contribution in [0.25, 0.3) is 5.57 Å². The van der Waals surface area contributed by atoms with Gasteiger partial charge in [-0.05, 0) is 23.6 Å². The van der Waals surface area contributed by atoms with Crippen molar-refractivity contribution in [3.05, 3.63) is 84.3 Å². The van der Waals surface area contributed by atoms with E-state index in [1.807, 2.05) is 12.1 Å². The van der Waals surface area contributed by atoms with Crippen LogP contribution < -0.4 is 0 Å². The number of allylic oxidation sites excluding steroid dienone is 2. The lowest BCUT2D eigenvalue weighted by molar-refractivity contribution is 1.49. The van der Waals surface area contributed by atoms with Gasteiger partial charge in [0.15, 0.2) is 0 Å². The Bertz CT molecular complexity index is 452. The Kier molecular flexibility index (Phi) is 3.55. The molecular weight excluding hydrogens is 192 g/mol. The smallest absolute Gasteiger partial charge is 0.0128 e. The van der Waals surface area contributed by atoms with Crippen LogP contribution in [0, 0.1) is 6.42 Å². The highest BCUT2D eigenvalue weighted by molar-refractivity contribution is 5.65. The van der Waals surface area contributed by atoms with E-state index in [0.29, 0.717) is 0 Å². The van der Waals surface area contributed by atoms with Crippen LogP contribution in [0.15, 0.2) is 66.7 Å². The van der Waals surface area contributed by atoms with Gasteiger partial charge in [-0.1, -0.05) is 66.7 Å². The lowest BCUT2D eigenvalue weighted by Gasteiger charge is -2.01. The molecule has 0 nitrogen and oxygen atoms in total. The average molecular weight is 207 g/mol. The Morgan fingerprint density at radius 1 is 0.812 bits per heavy atom. The second-order valence-corrected chi connectivity index (χ2v) is 3.79. The Morgan fingerprint density at radius 2 is 1.38 bits per heavy atom. The molecule has 79 valence electrons. The van der Waals surface area contributed by atoms with E-state index in [1.165, 1.54) is 16.7 Å². The molecule has 0 bridgehead atoms. The maximum Gasteiger partial charge on any atom is 0.0128 e. The maximum atomic E-state index is 2.16. The molecular formula is C16H15. The summed E-state index contributed by atoms with van der Waals surface area (Å²) in [6.45, 7) is 2.13. The van der Waals surface area contributed by atoms with Crippen molar-refractivity contribution >= 4 is 5.57 Å². The summed E-state index contributed by atoms with van der Waals surface area (Å²) in [5.74, 6) is 0. The first kappa shape index (κ1) is 10.7. The summed E-state index contributed by atoms with van der Waals surface area (Å²) in [5.41, 5.74) is 3.79. The largest absolute Gasteiger partial charge is 0.0725 e. The van der Waals surface area contributed by atoms with Crippen LogP contribution in [0.1, 0.15) is 18.1 Å². The van der Waals surface area contributed by atoms with Crippen LogP contribution in [0.4, 0.5) is 0 Å². The van der Waals surface area contributed by atoms with Gasteiger partial charge in [0.1, 0.15) is 0 Å². The topological polar surface area (TPSA) is 0 Å². The molecule has 0 heterocycles. The molecule has 2 rings (SSSR count). The lowest BCUT2D eigenvalue weighted by atomic mass is 10.0. The molecule has 16 heavy (non-hydrogen) atoms. The normalized spacial score (nSPS) is 11.4. The van der Waals surface area contributed by atoms with Gasteiger partial charge >= 0.3 is 0 Å². The van der Waals surface area contributed by atoms with Gasteiger partial charge in [-0.2, -0.15) is 0 Å². The molecule has 1 radical (unpaired) electrons. The van der Waals surface area contributed by atoms with Gasteiger partial charge in [-0.15, -0.1) is 0 Å². The molecule has 0 unspecified atom stereocenters. The van der Waals surface area contributed by atoms with Crippen LogP contribution in [0.5, 0.6) is 0 Å². The van der Waals surface area contributed by atoms with Crippen molar-refractivity contribution in [2.75, 3.05) is 0 Å². The number of hydrogen-bond donors (Lipinski definition) is 0. The molecule has 0 fully saturated rings. The number of hydrogen-bond acceptors (Lipinski definition) is 0. The van der Waals surface area contributed by atoms with E-state index >= 15 is 0 Å². The van der Waals surface area contributed by atoms with Crippen molar-refractivity contribution in [1.82, 2.24) is 0 Å². The molecule has 0 spiro atoms. The fraction of sp³-hybridized carbons (Fsp3) is 0.0625. The van der Waals surface area contributed by atoms with Gasteiger partial charge in [0.2, 0.25) is 0 Å². The van der Waals surface area contributed by atoms with Crippen LogP contribution >= 0.6 is 0 Å². The van der Waals surface area contributed by atoms with E-state index in [4.69, 9.17) is 0 Å². The first-order chi connectivity index (χ1) is 7.86. The third kappa shape index (κ3) is 2.83. The van der Waals surface area contributed by atoms with E-state index in [0.717, 1.165) is 0 Å². The standard InChI is InChI=1S/C16H15/c1-14(16-10-6-3-7-11-16)12-13-15-8-4-2-5-9-15/h2-13H,1H3. The highest BCUT2D eigenvalue weighted by Crippen LogP contribution is 2.15. The van der Waals surface area contributed by atoms with Gasteiger partial charge in [-0.25, -0.2) is 0 Å². The van der Waals surface area contributed by atoms with Gasteiger partial charge in [0.25, 0.3) is 0 Å². The van der Waals surface area contributed by atoms with Crippen LogP contribution in [-0.4, -0.2) is 0 Å². The van der Waals surface area contributed by atoms with Crippen molar-refractivity contribution in [3.63, 3.8) is 0 Å². The molecule has 0 amide bonds. The fourth-order valence-electron chi connectivity index (χ4n) is 1.58. The van der Waals surface area contributed by atoms with Gasteiger partial charge < -0.3 is 0 Å². The molecule has 2 aromatic rings. The minimum atomic E-state index is 1.23. The van der Waals surface area contributed by atoms with E-state index in [1.54, 1.807) is 0 Å². The monoisotopic (exact) mass is 207 g/mol. The lowest BCUT2D eigenvalue weighted by Crippen LogP contribution is -1.81. The Balaban J connectivity index is 2.09. The zero-order valence-electron chi connectivity index (χ0n) is 9.43. The highest BCUT2D eigenvalue weighted by atomic mass is 14.0. The van der Waals surface area contributed by atoms with Crippen molar-refractivity contribution in [2.24, 2.45) is 0 Å². The van der Waals surface area contributed by atoms with E-state index in [-0.39, 0.29) is 0 Å². The molecule has 0 saturated carbocycles. The van der Waals surface area contributed by atoms with Crippen molar-refractivity contribution < 1.29 is 0 Å². The van der Waals surface area contributed by atoms with E-state index < -0.39 is 0 Å². The average Bonchev–Trinajstić information content (AvgIpc) is 2.38. The van der Waals surface area contributed by atoms with Gasteiger partial charge in [0, 0.05) is 6.42 Å². The van der Waals surface area contributed by atoms with Crippen molar-refractivity contribution in [3.8, 4) is 0 Å². The summed E-state index contributed by atoms with van der Waals surface area (Å²) < 4.78 is 0. The minimum Gasteiger partial charge on any atom is -0.0725 e. The molecule has 0 N–H and O–H groups in total. The Hall–Kier alpha value is -1.82. The molecule has 0 heteroatoms. The van der Waals surface area contributed by atoms with E-state index in [9.17, 15) is 0 Å². The Morgan fingerprint density at radius 3 is 2.00 bits per heavy atom. The van der Waals surface area contributed by atoms with Gasteiger partial charge in [0.05, 0.1) is 0 Å². The molecule has 0 aliphatic heterocycles. The molecule has 0 aromatic heterocycles. The number of rotatable bonds is 3. The zero-order chi connectivity index (χ0) is 11.2. The summed E-state index contributed by atoms with van der Waals surface area (Å²) in [7, 11) is 0. The minimum absolute atomic E-state index is 1.23. The zero-order valence-corrected chi connectivity index (χ0v) is 9.43. The summed E-state index contributed by atoms with van der Waals surface area (Å²) in [6, 6.07) is 20.8. The van der Waals surface area contributed by atoms with Gasteiger partial charge in [-0.3, -0.25) is 0 Å². The second kappa shape index (κ2) is 5.32. The predicted molar refractivity (Wildman–Crippen MR) is 69.9 cm³/mol. The van der Waals surface area contributed by atoms with Crippen LogP contribution in [-0.2, 0) is 0 Å². The van der Waals surface area contributed by atoms with Crippen LogP contribution in [0.3, 0.4) is 0 Å². The molecule has 2 aromatic carbocycles. The first-order valence-electron chi connectivity index (χ1n) is 5.48. The predicted octanol–water partition coefficient (Wildman–Crippen LogP) is 4.34. The summed E-state index contributed by atoms with van der Waals surface area (Å²) in [5, 5.41) is 0. The first-order valence-corrected chi connectivity index (χ1v) is 5.48. The fourth-order valence-corrected chi connectivity index (χ4v) is 1.58. The molecule has 0 saturated heterocycles. The summed E-state index contributed by atoms with van der Waals surface area (Å²) >= 11 is 0. The summed E-state index contributed by atoms with van der Waals surface area (Å²) in [6.07, 6.45) is 4.30.